The molecule has 0 unspecified atom stereocenters. The molecule has 0 spiro atoms. The molecule has 2 aliphatic rings. The van der Waals surface area contributed by atoms with Crippen molar-refractivity contribution in [2.75, 3.05) is 11.1 Å². The van der Waals surface area contributed by atoms with Crippen LogP contribution in [0.15, 0.2) is 0 Å². The van der Waals surface area contributed by atoms with E-state index in [0.29, 0.717) is 23.2 Å². The van der Waals surface area contributed by atoms with Gasteiger partial charge in [-0.2, -0.15) is 0 Å². The SMILES string of the molecule is CC(C)c1nnc(NC(=O)[C@@H]2CS[C@]3(C)CCC(=O)N23)s1. The highest BCUT2D eigenvalue weighted by molar-refractivity contribution is 8.01. The molecule has 0 saturated carbocycles. The number of hydrogen-bond donors (Lipinski definition) is 1. The van der Waals surface area contributed by atoms with Gasteiger partial charge in [0.15, 0.2) is 0 Å². The smallest absolute Gasteiger partial charge is 0.249 e. The average Bonchev–Trinajstić information content (AvgIpc) is 3.07. The summed E-state index contributed by atoms with van der Waals surface area (Å²) in [5.74, 6) is 0.846. The molecule has 1 aromatic heterocycles. The van der Waals surface area contributed by atoms with Crippen LogP contribution in [0.2, 0.25) is 0 Å². The Bertz CT molecular complexity index is 588. The largest absolute Gasteiger partial charge is 0.315 e. The molecule has 3 heterocycles. The number of hydrogen-bond acceptors (Lipinski definition) is 6. The van der Waals surface area contributed by atoms with E-state index in [1.807, 2.05) is 20.8 Å². The van der Waals surface area contributed by atoms with Crippen LogP contribution in [-0.2, 0) is 9.59 Å². The zero-order valence-electron chi connectivity index (χ0n) is 12.3. The van der Waals surface area contributed by atoms with Crippen molar-refractivity contribution >= 4 is 40.0 Å². The lowest BCUT2D eigenvalue weighted by molar-refractivity contribution is -0.135. The molecule has 3 rings (SSSR count). The van der Waals surface area contributed by atoms with Crippen LogP contribution in [0.25, 0.3) is 0 Å². The van der Waals surface area contributed by atoms with Crippen LogP contribution >= 0.6 is 23.1 Å². The molecule has 2 saturated heterocycles. The van der Waals surface area contributed by atoms with Gasteiger partial charge < -0.3 is 4.90 Å². The van der Waals surface area contributed by atoms with Crippen molar-refractivity contribution in [3.8, 4) is 0 Å². The lowest BCUT2D eigenvalue weighted by atomic mass is 10.2. The second-order valence-corrected chi connectivity index (χ2v) is 8.37. The Morgan fingerprint density at radius 2 is 2.24 bits per heavy atom. The Balaban J connectivity index is 1.72. The fourth-order valence-corrected chi connectivity index (χ4v) is 4.90. The van der Waals surface area contributed by atoms with Gasteiger partial charge in [-0.1, -0.05) is 25.2 Å². The Morgan fingerprint density at radius 3 is 2.90 bits per heavy atom. The molecule has 0 radical (unpaired) electrons. The van der Waals surface area contributed by atoms with Gasteiger partial charge in [0, 0.05) is 18.1 Å². The highest BCUT2D eigenvalue weighted by Gasteiger charge is 2.52. The Kier molecular flexibility index (Phi) is 3.69. The van der Waals surface area contributed by atoms with Gasteiger partial charge >= 0.3 is 0 Å². The molecule has 114 valence electrons. The van der Waals surface area contributed by atoms with Gasteiger partial charge in [0.25, 0.3) is 0 Å². The van der Waals surface area contributed by atoms with E-state index >= 15 is 0 Å². The van der Waals surface area contributed by atoms with Gasteiger partial charge in [0.05, 0.1) is 4.87 Å². The number of carbonyl (C=O) groups excluding carboxylic acids is 2. The van der Waals surface area contributed by atoms with Gasteiger partial charge in [-0.15, -0.1) is 22.0 Å². The molecule has 1 aromatic rings. The molecule has 2 amide bonds. The van der Waals surface area contributed by atoms with E-state index < -0.39 is 6.04 Å². The molecule has 21 heavy (non-hydrogen) atoms. The second kappa shape index (κ2) is 5.24. The maximum absolute atomic E-state index is 12.4. The van der Waals surface area contributed by atoms with E-state index in [1.165, 1.54) is 11.3 Å². The molecule has 2 aliphatic heterocycles. The fraction of sp³-hybridized carbons (Fsp3) is 0.692. The first-order valence-corrected chi connectivity index (χ1v) is 8.81. The molecular weight excluding hydrogens is 308 g/mol. The number of carbonyl (C=O) groups is 2. The maximum Gasteiger partial charge on any atom is 0.249 e. The topological polar surface area (TPSA) is 75.2 Å². The van der Waals surface area contributed by atoms with E-state index in [4.69, 9.17) is 0 Å². The van der Waals surface area contributed by atoms with Gasteiger partial charge in [0.1, 0.15) is 11.0 Å². The first-order valence-electron chi connectivity index (χ1n) is 7.01. The van der Waals surface area contributed by atoms with Crippen molar-refractivity contribution in [3.63, 3.8) is 0 Å². The summed E-state index contributed by atoms with van der Waals surface area (Å²) in [4.78, 5) is 26.0. The van der Waals surface area contributed by atoms with Gasteiger partial charge in [-0.25, -0.2) is 0 Å². The maximum atomic E-state index is 12.4. The number of amides is 2. The number of aromatic nitrogens is 2. The summed E-state index contributed by atoms with van der Waals surface area (Å²) in [6.45, 7) is 6.11. The minimum absolute atomic E-state index is 0.0720. The number of nitrogens with zero attached hydrogens (tertiary/aromatic N) is 3. The minimum Gasteiger partial charge on any atom is -0.315 e. The Labute approximate surface area is 131 Å². The summed E-state index contributed by atoms with van der Waals surface area (Å²) in [5.41, 5.74) is 0. The fourth-order valence-electron chi connectivity index (χ4n) is 2.72. The van der Waals surface area contributed by atoms with Crippen LogP contribution in [0.3, 0.4) is 0 Å². The lowest BCUT2D eigenvalue weighted by Crippen LogP contribution is -2.48. The van der Waals surface area contributed by atoms with Crippen molar-refractivity contribution in [1.82, 2.24) is 15.1 Å². The summed E-state index contributed by atoms with van der Waals surface area (Å²) in [7, 11) is 0. The van der Waals surface area contributed by atoms with E-state index in [2.05, 4.69) is 15.5 Å². The molecule has 6 nitrogen and oxygen atoms in total. The van der Waals surface area contributed by atoms with Crippen molar-refractivity contribution in [2.45, 2.75) is 50.4 Å². The van der Waals surface area contributed by atoms with Crippen molar-refractivity contribution in [2.24, 2.45) is 0 Å². The second-order valence-electron chi connectivity index (χ2n) is 5.85. The molecular formula is C13H18N4O2S2. The van der Waals surface area contributed by atoms with Gasteiger partial charge in [-0.05, 0) is 13.3 Å². The third-order valence-corrected chi connectivity index (χ3v) is 6.56. The van der Waals surface area contributed by atoms with Crippen molar-refractivity contribution in [3.05, 3.63) is 5.01 Å². The average molecular weight is 326 g/mol. The van der Waals surface area contributed by atoms with E-state index in [9.17, 15) is 9.59 Å². The number of anilines is 1. The molecule has 2 atom stereocenters. The normalized spacial score (nSPS) is 28.3. The van der Waals surface area contributed by atoms with E-state index in [1.54, 1.807) is 16.7 Å². The number of thioether (sulfide) groups is 1. The first kappa shape index (κ1) is 14.8. The van der Waals surface area contributed by atoms with Crippen LogP contribution < -0.4 is 5.32 Å². The summed E-state index contributed by atoms with van der Waals surface area (Å²) in [6, 6.07) is -0.401. The molecule has 0 bridgehead atoms. The third kappa shape index (κ3) is 2.55. The monoisotopic (exact) mass is 326 g/mol. The zero-order chi connectivity index (χ0) is 15.2. The van der Waals surface area contributed by atoms with Crippen molar-refractivity contribution in [1.29, 1.82) is 0 Å². The highest BCUT2D eigenvalue weighted by atomic mass is 32.2. The number of fused-ring (bicyclic) bond motifs is 1. The zero-order valence-corrected chi connectivity index (χ0v) is 13.9. The summed E-state index contributed by atoms with van der Waals surface area (Å²) in [5, 5.41) is 12.3. The van der Waals surface area contributed by atoms with Crippen LogP contribution in [-0.4, -0.2) is 43.6 Å². The molecule has 0 aliphatic carbocycles. The summed E-state index contributed by atoms with van der Waals surface area (Å²) in [6.07, 6.45) is 1.35. The van der Waals surface area contributed by atoms with Crippen LogP contribution in [0.1, 0.15) is 44.5 Å². The Morgan fingerprint density at radius 1 is 1.48 bits per heavy atom. The minimum atomic E-state index is -0.401. The number of rotatable bonds is 3. The predicted octanol–water partition coefficient (Wildman–Crippen LogP) is 2.05. The highest BCUT2D eigenvalue weighted by Crippen LogP contribution is 2.47. The van der Waals surface area contributed by atoms with Crippen LogP contribution in [0.4, 0.5) is 5.13 Å². The molecule has 8 heteroatoms. The quantitative estimate of drug-likeness (QED) is 0.920. The van der Waals surface area contributed by atoms with Crippen molar-refractivity contribution < 1.29 is 9.59 Å². The summed E-state index contributed by atoms with van der Waals surface area (Å²) < 4.78 is 0. The molecule has 1 N–H and O–H groups in total. The standard InChI is InChI=1S/C13H18N4O2S2/c1-7(2)11-15-16-12(21-11)14-10(19)8-6-20-13(3)5-4-9(18)17(8)13/h7-8H,4-6H2,1-3H3,(H,14,16,19)/t8-,13+/m0/s1. The predicted molar refractivity (Wildman–Crippen MR) is 83.4 cm³/mol. The molecule has 2 fully saturated rings. The Hall–Kier alpha value is -1.15. The summed E-state index contributed by atoms with van der Waals surface area (Å²) >= 11 is 3.08. The van der Waals surface area contributed by atoms with E-state index in [0.717, 1.165) is 11.4 Å². The third-order valence-electron chi connectivity index (χ3n) is 3.91. The first-order chi connectivity index (χ1) is 9.90. The van der Waals surface area contributed by atoms with Gasteiger partial charge in [0.2, 0.25) is 16.9 Å². The van der Waals surface area contributed by atoms with Crippen LogP contribution in [0, 0.1) is 0 Å². The van der Waals surface area contributed by atoms with E-state index in [-0.39, 0.29) is 16.7 Å². The lowest BCUT2D eigenvalue weighted by Gasteiger charge is -2.29. The van der Waals surface area contributed by atoms with Crippen LogP contribution in [0.5, 0.6) is 0 Å². The molecule has 0 aromatic carbocycles. The number of nitrogens with one attached hydrogen (secondary N) is 1. The van der Waals surface area contributed by atoms with Gasteiger partial charge in [-0.3, -0.25) is 14.9 Å².